The van der Waals surface area contributed by atoms with Gasteiger partial charge in [0.25, 0.3) is 5.91 Å². The Morgan fingerprint density at radius 1 is 1.45 bits per heavy atom. The number of amides is 2. The number of hydrogen-bond donors (Lipinski definition) is 1. The van der Waals surface area contributed by atoms with Gasteiger partial charge in [-0.25, -0.2) is 4.98 Å². The Hall–Kier alpha value is -2.37. The first-order valence-electron chi connectivity index (χ1n) is 7.54. The van der Waals surface area contributed by atoms with Crippen LogP contribution in [0.5, 0.6) is 0 Å². The van der Waals surface area contributed by atoms with Gasteiger partial charge in [0.2, 0.25) is 5.91 Å². The average molecular weight is 300 g/mol. The molecule has 22 heavy (non-hydrogen) atoms. The molecule has 1 unspecified atom stereocenters. The maximum Gasteiger partial charge on any atom is 0.251 e. The Morgan fingerprint density at radius 3 is 3.00 bits per heavy atom. The van der Waals surface area contributed by atoms with E-state index >= 15 is 0 Å². The largest absolute Gasteiger partial charge is 0.348 e. The summed E-state index contributed by atoms with van der Waals surface area (Å²) in [5.41, 5.74) is 2.38. The molecule has 2 aromatic rings. The molecule has 1 aliphatic heterocycles. The minimum absolute atomic E-state index is 0.0750. The van der Waals surface area contributed by atoms with Crippen molar-refractivity contribution in [3.8, 4) is 0 Å². The first-order valence-corrected chi connectivity index (χ1v) is 7.54. The fourth-order valence-corrected chi connectivity index (χ4v) is 2.86. The SMILES string of the molecule is CC(CN1CCCC1=O)NC(=O)c1ccc2c(c1)ncn2C. The lowest BCUT2D eigenvalue weighted by Crippen LogP contribution is -2.42. The van der Waals surface area contributed by atoms with Crippen molar-refractivity contribution in [2.75, 3.05) is 13.1 Å². The van der Waals surface area contributed by atoms with Crippen LogP contribution in [0.25, 0.3) is 11.0 Å². The van der Waals surface area contributed by atoms with Crippen molar-refractivity contribution in [2.24, 2.45) is 7.05 Å². The van der Waals surface area contributed by atoms with Gasteiger partial charge in [-0.3, -0.25) is 9.59 Å². The number of hydrogen-bond acceptors (Lipinski definition) is 3. The highest BCUT2D eigenvalue weighted by molar-refractivity contribution is 5.97. The molecule has 2 amide bonds. The quantitative estimate of drug-likeness (QED) is 0.926. The smallest absolute Gasteiger partial charge is 0.251 e. The number of nitrogens with one attached hydrogen (secondary N) is 1. The number of aryl methyl sites for hydroxylation is 1. The molecule has 0 bridgehead atoms. The summed E-state index contributed by atoms with van der Waals surface area (Å²) >= 11 is 0. The minimum atomic E-state index is -0.133. The molecule has 1 aromatic carbocycles. The van der Waals surface area contributed by atoms with E-state index in [1.165, 1.54) is 0 Å². The molecule has 0 spiro atoms. The lowest BCUT2D eigenvalue weighted by atomic mass is 10.1. The average Bonchev–Trinajstić information content (AvgIpc) is 3.05. The molecule has 6 heteroatoms. The Bertz CT molecular complexity index is 722. The Kier molecular flexibility index (Phi) is 3.83. The number of imidazole rings is 1. The highest BCUT2D eigenvalue weighted by Gasteiger charge is 2.22. The number of fused-ring (bicyclic) bond motifs is 1. The number of rotatable bonds is 4. The third-order valence-corrected chi connectivity index (χ3v) is 4.03. The number of benzene rings is 1. The van der Waals surface area contributed by atoms with Gasteiger partial charge >= 0.3 is 0 Å². The van der Waals surface area contributed by atoms with E-state index < -0.39 is 0 Å². The molecule has 2 heterocycles. The number of likely N-dealkylation sites (tertiary alicyclic amines) is 1. The monoisotopic (exact) mass is 300 g/mol. The fraction of sp³-hybridized carbons (Fsp3) is 0.438. The Balaban J connectivity index is 1.65. The van der Waals surface area contributed by atoms with Crippen LogP contribution in [0.4, 0.5) is 0 Å². The molecule has 0 saturated carbocycles. The number of carbonyl (C=O) groups is 2. The maximum atomic E-state index is 12.3. The molecule has 1 atom stereocenters. The third-order valence-electron chi connectivity index (χ3n) is 4.03. The van der Waals surface area contributed by atoms with Crippen LogP contribution in [0.2, 0.25) is 0 Å². The van der Waals surface area contributed by atoms with Crippen molar-refractivity contribution < 1.29 is 9.59 Å². The van der Waals surface area contributed by atoms with Crippen LogP contribution in [0, 0.1) is 0 Å². The van der Waals surface area contributed by atoms with E-state index in [9.17, 15) is 9.59 Å². The molecule has 0 aliphatic carbocycles. The summed E-state index contributed by atoms with van der Waals surface area (Å²) in [5, 5.41) is 2.95. The summed E-state index contributed by atoms with van der Waals surface area (Å²) in [4.78, 5) is 30.0. The molecule has 1 aliphatic rings. The maximum absolute atomic E-state index is 12.3. The topological polar surface area (TPSA) is 67.2 Å². The standard InChI is InChI=1S/C16H20N4O2/c1-11(9-20-7-3-4-15(20)21)18-16(22)12-5-6-14-13(8-12)17-10-19(14)2/h5-6,8,10-11H,3-4,7,9H2,1-2H3,(H,18,22). The van der Waals surface area contributed by atoms with Crippen molar-refractivity contribution in [1.29, 1.82) is 0 Å². The predicted octanol–water partition coefficient (Wildman–Crippen LogP) is 1.31. The van der Waals surface area contributed by atoms with Gasteiger partial charge in [0, 0.05) is 38.2 Å². The summed E-state index contributed by atoms with van der Waals surface area (Å²) < 4.78 is 1.92. The van der Waals surface area contributed by atoms with E-state index in [2.05, 4.69) is 10.3 Å². The van der Waals surface area contributed by atoms with Gasteiger partial charge in [0.05, 0.1) is 17.4 Å². The second kappa shape index (κ2) is 5.79. The van der Waals surface area contributed by atoms with E-state index in [-0.39, 0.29) is 17.9 Å². The first kappa shape index (κ1) is 14.6. The van der Waals surface area contributed by atoms with Crippen molar-refractivity contribution in [3.63, 3.8) is 0 Å². The number of aromatic nitrogens is 2. The lowest BCUT2D eigenvalue weighted by molar-refractivity contribution is -0.127. The van der Waals surface area contributed by atoms with Crippen molar-refractivity contribution in [1.82, 2.24) is 19.8 Å². The summed E-state index contributed by atoms with van der Waals surface area (Å²) in [5.74, 6) is 0.0442. The van der Waals surface area contributed by atoms with Gasteiger partial charge in [-0.1, -0.05) is 0 Å². The molecular weight excluding hydrogens is 280 g/mol. The molecule has 1 saturated heterocycles. The van der Waals surface area contributed by atoms with Crippen LogP contribution in [0.1, 0.15) is 30.1 Å². The zero-order chi connectivity index (χ0) is 15.7. The summed E-state index contributed by atoms with van der Waals surface area (Å²) in [6.07, 6.45) is 3.26. The molecule has 6 nitrogen and oxygen atoms in total. The Morgan fingerprint density at radius 2 is 2.27 bits per heavy atom. The Labute approximate surface area is 129 Å². The van der Waals surface area contributed by atoms with Crippen molar-refractivity contribution in [3.05, 3.63) is 30.1 Å². The van der Waals surface area contributed by atoms with Gasteiger partial charge in [0.15, 0.2) is 0 Å². The van der Waals surface area contributed by atoms with Gasteiger partial charge in [-0.15, -0.1) is 0 Å². The number of carbonyl (C=O) groups excluding carboxylic acids is 2. The first-order chi connectivity index (χ1) is 10.5. The van der Waals surface area contributed by atoms with Crippen molar-refractivity contribution in [2.45, 2.75) is 25.8 Å². The second-order valence-electron chi connectivity index (χ2n) is 5.88. The minimum Gasteiger partial charge on any atom is -0.348 e. The zero-order valence-corrected chi connectivity index (χ0v) is 12.9. The molecule has 116 valence electrons. The van der Waals surface area contributed by atoms with Gasteiger partial charge in [-0.05, 0) is 31.5 Å². The molecule has 1 aromatic heterocycles. The van der Waals surface area contributed by atoms with E-state index in [1.54, 1.807) is 18.5 Å². The second-order valence-corrected chi connectivity index (χ2v) is 5.88. The molecule has 0 radical (unpaired) electrons. The zero-order valence-electron chi connectivity index (χ0n) is 12.9. The van der Waals surface area contributed by atoms with E-state index in [0.717, 1.165) is 24.0 Å². The van der Waals surface area contributed by atoms with Crippen LogP contribution in [0.3, 0.4) is 0 Å². The summed E-state index contributed by atoms with van der Waals surface area (Å²) in [6, 6.07) is 5.41. The highest BCUT2D eigenvalue weighted by Crippen LogP contribution is 2.14. The highest BCUT2D eigenvalue weighted by atomic mass is 16.2. The molecule has 1 fully saturated rings. The molecule has 3 rings (SSSR count). The van der Waals surface area contributed by atoms with Gasteiger partial charge in [0.1, 0.15) is 0 Å². The van der Waals surface area contributed by atoms with Crippen LogP contribution in [-0.4, -0.2) is 45.4 Å². The summed E-state index contributed by atoms with van der Waals surface area (Å²) in [7, 11) is 1.92. The molecule has 1 N–H and O–H groups in total. The van der Waals surface area contributed by atoms with Gasteiger partial charge in [-0.2, -0.15) is 0 Å². The fourth-order valence-electron chi connectivity index (χ4n) is 2.86. The van der Waals surface area contributed by atoms with E-state index in [0.29, 0.717) is 18.5 Å². The summed E-state index contributed by atoms with van der Waals surface area (Å²) in [6.45, 7) is 3.28. The van der Waals surface area contributed by atoms with Crippen LogP contribution < -0.4 is 5.32 Å². The van der Waals surface area contributed by atoms with Crippen molar-refractivity contribution >= 4 is 22.8 Å². The predicted molar refractivity (Wildman–Crippen MR) is 83.5 cm³/mol. The number of nitrogens with zero attached hydrogens (tertiary/aromatic N) is 3. The van der Waals surface area contributed by atoms with Crippen LogP contribution >= 0.6 is 0 Å². The normalized spacial score (nSPS) is 16.3. The van der Waals surface area contributed by atoms with Gasteiger partial charge < -0.3 is 14.8 Å². The van der Waals surface area contributed by atoms with Crippen LogP contribution in [0.15, 0.2) is 24.5 Å². The van der Waals surface area contributed by atoms with Crippen LogP contribution in [-0.2, 0) is 11.8 Å². The molecular formula is C16H20N4O2. The van der Waals surface area contributed by atoms with E-state index in [1.807, 2.05) is 29.5 Å². The van der Waals surface area contributed by atoms with E-state index in [4.69, 9.17) is 0 Å². The third kappa shape index (κ3) is 2.81. The lowest BCUT2D eigenvalue weighted by Gasteiger charge is -2.21.